The molecule has 2 N–H and O–H groups in total. The molecule has 0 fully saturated rings. The summed E-state index contributed by atoms with van der Waals surface area (Å²) < 4.78 is 1.84. The van der Waals surface area contributed by atoms with Crippen LogP contribution in [0.4, 0.5) is 5.69 Å². The summed E-state index contributed by atoms with van der Waals surface area (Å²) in [5.41, 5.74) is 4.36. The normalized spacial score (nSPS) is 10.5. The molecule has 3 rings (SSSR count). The summed E-state index contributed by atoms with van der Waals surface area (Å²) in [6.07, 6.45) is 0. The molecule has 0 aliphatic carbocycles. The van der Waals surface area contributed by atoms with E-state index in [4.69, 9.17) is 0 Å². The second-order valence-corrected chi connectivity index (χ2v) is 6.30. The van der Waals surface area contributed by atoms with Gasteiger partial charge in [0.25, 0.3) is 11.8 Å². The zero-order chi connectivity index (χ0) is 19.4. The van der Waals surface area contributed by atoms with Crippen molar-refractivity contribution in [1.29, 1.82) is 0 Å². The minimum absolute atomic E-state index is 0.165. The zero-order valence-electron chi connectivity index (χ0n) is 15.6. The number of carbonyl (C=O) groups is 2. The molecule has 138 valence electrons. The number of amides is 2. The van der Waals surface area contributed by atoms with Gasteiger partial charge in [-0.25, -0.2) is 0 Å². The van der Waals surface area contributed by atoms with Crippen molar-refractivity contribution in [2.75, 3.05) is 12.4 Å². The largest absolute Gasteiger partial charge is 0.355 e. The molecule has 3 aromatic rings. The monoisotopic (exact) mass is 362 g/mol. The molecule has 2 aromatic carbocycles. The quantitative estimate of drug-likeness (QED) is 0.732. The van der Waals surface area contributed by atoms with E-state index in [1.807, 2.05) is 48.9 Å². The number of nitrogens with one attached hydrogen (secondary N) is 2. The Labute approximate surface area is 158 Å². The van der Waals surface area contributed by atoms with Gasteiger partial charge in [0, 0.05) is 24.0 Å². The molecule has 0 unspecified atom stereocenters. The van der Waals surface area contributed by atoms with E-state index in [9.17, 15) is 9.59 Å². The molecule has 6 heteroatoms. The third-order valence-electron chi connectivity index (χ3n) is 4.42. The topological polar surface area (TPSA) is 76.0 Å². The van der Waals surface area contributed by atoms with Crippen LogP contribution in [0, 0.1) is 13.8 Å². The number of hydrogen-bond acceptors (Lipinski definition) is 3. The van der Waals surface area contributed by atoms with Gasteiger partial charge in [0.2, 0.25) is 0 Å². The molecule has 1 heterocycles. The minimum Gasteiger partial charge on any atom is -0.355 e. The average molecular weight is 362 g/mol. The lowest BCUT2D eigenvalue weighted by Gasteiger charge is -2.08. The highest BCUT2D eigenvalue weighted by Crippen LogP contribution is 2.18. The summed E-state index contributed by atoms with van der Waals surface area (Å²) >= 11 is 0. The summed E-state index contributed by atoms with van der Waals surface area (Å²) in [6.45, 7) is 4.34. The van der Waals surface area contributed by atoms with Crippen LogP contribution in [0.5, 0.6) is 0 Å². The fraction of sp³-hybridized carbons (Fsp3) is 0.190. The van der Waals surface area contributed by atoms with Crippen LogP contribution >= 0.6 is 0 Å². The molecule has 0 saturated carbocycles. The first kappa shape index (κ1) is 18.4. The van der Waals surface area contributed by atoms with E-state index in [-0.39, 0.29) is 11.8 Å². The van der Waals surface area contributed by atoms with E-state index in [2.05, 4.69) is 15.7 Å². The van der Waals surface area contributed by atoms with Crippen molar-refractivity contribution in [3.8, 4) is 0 Å². The maximum absolute atomic E-state index is 12.8. The molecule has 0 atom stereocenters. The van der Waals surface area contributed by atoms with Crippen LogP contribution in [0.15, 0.2) is 54.6 Å². The Balaban J connectivity index is 1.78. The molecule has 1 aromatic heterocycles. The molecule has 0 bridgehead atoms. The third kappa shape index (κ3) is 4.06. The number of rotatable bonds is 5. The minimum atomic E-state index is -0.211. The zero-order valence-corrected chi connectivity index (χ0v) is 15.6. The molecule has 2 amide bonds. The molecule has 0 aliphatic rings. The van der Waals surface area contributed by atoms with E-state index in [1.165, 1.54) is 0 Å². The maximum atomic E-state index is 12.8. The fourth-order valence-electron chi connectivity index (χ4n) is 2.98. The van der Waals surface area contributed by atoms with Gasteiger partial charge in [0.05, 0.1) is 17.8 Å². The molecular weight excluding hydrogens is 340 g/mol. The van der Waals surface area contributed by atoms with Gasteiger partial charge < -0.3 is 10.6 Å². The predicted molar refractivity (Wildman–Crippen MR) is 105 cm³/mol. The molecule has 0 radical (unpaired) electrons. The molecule has 27 heavy (non-hydrogen) atoms. The van der Waals surface area contributed by atoms with Crippen molar-refractivity contribution in [3.63, 3.8) is 0 Å². The van der Waals surface area contributed by atoms with Crippen molar-refractivity contribution < 1.29 is 9.59 Å². The van der Waals surface area contributed by atoms with Crippen molar-refractivity contribution >= 4 is 17.5 Å². The van der Waals surface area contributed by atoms with Crippen LogP contribution in [-0.2, 0) is 6.54 Å². The van der Waals surface area contributed by atoms with Crippen LogP contribution in [0.1, 0.15) is 37.7 Å². The molecule has 0 spiro atoms. The van der Waals surface area contributed by atoms with Gasteiger partial charge in [0.1, 0.15) is 0 Å². The van der Waals surface area contributed by atoms with E-state index in [1.54, 1.807) is 31.3 Å². The Bertz CT molecular complexity index is 960. The van der Waals surface area contributed by atoms with Crippen molar-refractivity contribution in [3.05, 3.63) is 82.7 Å². The number of carbonyl (C=O) groups excluding carboxylic acids is 2. The van der Waals surface area contributed by atoms with Gasteiger partial charge in [-0.2, -0.15) is 5.10 Å². The average Bonchev–Trinajstić information content (AvgIpc) is 2.95. The van der Waals surface area contributed by atoms with Gasteiger partial charge in [-0.3, -0.25) is 14.3 Å². The van der Waals surface area contributed by atoms with E-state index in [0.717, 1.165) is 11.3 Å². The number of aryl methyl sites for hydroxylation is 1. The Kier molecular flexibility index (Phi) is 5.35. The lowest BCUT2D eigenvalue weighted by Crippen LogP contribution is -2.18. The van der Waals surface area contributed by atoms with Crippen molar-refractivity contribution in [1.82, 2.24) is 15.1 Å². The maximum Gasteiger partial charge on any atom is 0.259 e. The van der Waals surface area contributed by atoms with E-state index in [0.29, 0.717) is 29.1 Å². The molecule has 6 nitrogen and oxygen atoms in total. The highest BCUT2D eigenvalue weighted by Gasteiger charge is 2.19. The fourth-order valence-corrected chi connectivity index (χ4v) is 2.98. The summed E-state index contributed by atoms with van der Waals surface area (Å²) in [5.74, 6) is -0.376. The summed E-state index contributed by atoms with van der Waals surface area (Å²) in [5, 5.41) is 9.96. The summed E-state index contributed by atoms with van der Waals surface area (Å²) in [4.78, 5) is 24.4. The summed E-state index contributed by atoms with van der Waals surface area (Å²) in [7, 11) is 1.58. The molecular formula is C21H22N4O2. The van der Waals surface area contributed by atoms with E-state index < -0.39 is 0 Å². The van der Waals surface area contributed by atoms with Crippen LogP contribution in [-0.4, -0.2) is 28.6 Å². The lowest BCUT2D eigenvalue weighted by atomic mass is 10.1. The van der Waals surface area contributed by atoms with Gasteiger partial charge in [0.15, 0.2) is 0 Å². The van der Waals surface area contributed by atoms with Gasteiger partial charge >= 0.3 is 0 Å². The second kappa shape index (κ2) is 7.86. The van der Waals surface area contributed by atoms with Gasteiger partial charge in [-0.05, 0) is 43.7 Å². The Morgan fingerprint density at radius 3 is 2.26 bits per heavy atom. The van der Waals surface area contributed by atoms with Gasteiger partial charge in [-0.15, -0.1) is 0 Å². The van der Waals surface area contributed by atoms with Crippen LogP contribution in [0.3, 0.4) is 0 Å². The van der Waals surface area contributed by atoms with Gasteiger partial charge in [-0.1, -0.05) is 30.3 Å². The number of anilines is 1. The SMILES string of the molecule is CNC(=O)c1ccc(NC(=O)c2c(C)nn(Cc3ccccc3)c2C)cc1. The first-order valence-corrected chi connectivity index (χ1v) is 8.71. The van der Waals surface area contributed by atoms with Crippen molar-refractivity contribution in [2.45, 2.75) is 20.4 Å². The lowest BCUT2D eigenvalue weighted by molar-refractivity contribution is 0.0962. The Morgan fingerprint density at radius 1 is 0.963 bits per heavy atom. The standard InChI is InChI=1S/C21H22N4O2/c1-14-19(15(2)25(24-14)13-16-7-5-4-6-8-16)21(27)23-18-11-9-17(10-12-18)20(26)22-3/h4-12H,13H2,1-3H3,(H,22,26)(H,23,27). The third-order valence-corrected chi connectivity index (χ3v) is 4.42. The molecule has 0 aliphatic heterocycles. The van der Waals surface area contributed by atoms with Crippen molar-refractivity contribution in [2.24, 2.45) is 0 Å². The Hall–Kier alpha value is -3.41. The van der Waals surface area contributed by atoms with E-state index >= 15 is 0 Å². The van der Waals surface area contributed by atoms with Crippen LogP contribution in [0.25, 0.3) is 0 Å². The first-order chi connectivity index (χ1) is 13.0. The van der Waals surface area contributed by atoms with Crippen LogP contribution in [0.2, 0.25) is 0 Å². The first-order valence-electron chi connectivity index (χ1n) is 8.71. The second-order valence-electron chi connectivity index (χ2n) is 6.30. The number of aromatic nitrogens is 2. The smallest absolute Gasteiger partial charge is 0.259 e. The number of nitrogens with zero attached hydrogens (tertiary/aromatic N) is 2. The summed E-state index contributed by atoms with van der Waals surface area (Å²) in [6, 6.07) is 16.8. The van der Waals surface area contributed by atoms with Crippen LogP contribution < -0.4 is 10.6 Å². The predicted octanol–water partition coefficient (Wildman–Crippen LogP) is 3.16. The number of hydrogen-bond donors (Lipinski definition) is 2. The molecule has 0 saturated heterocycles. The number of benzene rings is 2. The Morgan fingerprint density at radius 2 is 1.63 bits per heavy atom. The highest BCUT2D eigenvalue weighted by molar-refractivity contribution is 6.06. The highest BCUT2D eigenvalue weighted by atomic mass is 16.2.